The molecule has 0 spiro atoms. The van der Waals surface area contributed by atoms with Gasteiger partial charge in [-0.25, -0.2) is 10.6 Å². The molecule has 0 aliphatic carbocycles. The predicted molar refractivity (Wildman–Crippen MR) is 28.5 cm³/mol. The van der Waals surface area contributed by atoms with E-state index in [-0.39, 0.29) is 0 Å². The van der Waals surface area contributed by atoms with Gasteiger partial charge >= 0.3 is 6.03 Å². The summed E-state index contributed by atoms with van der Waals surface area (Å²) in [4.78, 5) is 10.1. The number of nitrogens with two attached hydrogens (primary N) is 2. The van der Waals surface area contributed by atoms with E-state index in [1.807, 2.05) is 0 Å². The number of nitrogens with zero attached hydrogens (tertiary/aromatic N) is 1. The summed E-state index contributed by atoms with van der Waals surface area (Å²) < 4.78 is 0. The summed E-state index contributed by atoms with van der Waals surface area (Å²) >= 11 is 0. The highest BCUT2D eigenvalue weighted by atomic mass is 16.2. The molecule has 0 atom stereocenters. The van der Waals surface area contributed by atoms with E-state index in [9.17, 15) is 4.79 Å². The van der Waals surface area contributed by atoms with Crippen molar-refractivity contribution >= 4 is 12.4 Å². The van der Waals surface area contributed by atoms with Crippen LogP contribution in [0.4, 0.5) is 4.79 Å². The molecule has 0 aromatic carbocycles. The van der Waals surface area contributed by atoms with Gasteiger partial charge in [0.25, 0.3) is 0 Å². The summed E-state index contributed by atoms with van der Waals surface area (Å²) in [7, 11) is 0. The summed E-state index contributed by atoms with van der Waals surface area (Å²) in [6.45, 7) is 0. The quantitative estimate of drug-likeness (QED) is 0.105. The van der Waals surface area contributed by atoms with Crippen molar-refractivity contribution in [3.05, 3.63) is 0 Å². The second-order valence-corrected chi connectivity index (χ2v) is 0.896. The van der Waals surface area contributed by atoms with Crippen molar-refractivity contribution in [2.24, 2.45) is 16.8 Å². The van der Waals surface area contributed by atoms with Gasteiger partial charge in [0.05, 0.1) is 0 Å². The smallest absolute Gasteiger partial charge is 0.322 e. The molecule has 0 bridgehead atoms. The van der Waals surface area contributed by atoms with Gasteiger partial charge in [0, 0.05) is 0 Å². The van der Waals surface area contributed by atoms with E-state index >= 15 is 0 Å². The minimum absolute atomic E-state index is 0.556. The predicted octanol–water partition coefficient (Wildman–Crippen LogP) is -1.94. The van der Waals surface area contributed by atoms with E-state index in [1.54, 1.807) is 5.43 Å². The van der Waals surface area contributed by atoms with Crippen LogP contribution in [0, 0.1) is 0 Å². The third kappa shape index (κ3) is 2.91. The number of urea groups is 1. The molecule has 0 fully saturated rings. The van der Waals surface area contributed by atoms with Crippen LogP contribution in [0.3, 0.4) is 0 Å². The van der Waals surface area contributed by atoms with E-state index in [0.717, 1.165) is 6.34 Å². The standard InChI is InChI=1S/C2H7N5O/c3-6-1-5-2(8)7-4/h1H,3-4H2,(H2,5,6,7,8). The lowest BCUT2D eigenvalue weighted by Crippen LogP contribution is -2.39. The highest BCUT2D eigenvalue weighted by molar-refractivity contribution is 5.85. The lowest BCUT2D eigenvalue weighted by atomic mass is 11.0. The molecule has 0 aromatic heterocycles. The summed E-state index contributed by atoms with van der Waals surface area (Å²) in [6.07, 6.45) is 1.02. The molecule has 2 amide bonds. The van der Waals surface area contributed by atoms with E-state index in [1.165, 1.54) is 0 Å². The van der Waals surface area contributed by atoms with Gasteiger partial charge in [-0.05, 0) is 0 Å². The highest BCUT2D eigenvalue weighted by Crippen LogP contribution is 1.50. The maximum absolute atomic E-state index is 10.1. The van der Waals surface area contributed by atoms with Crippen LogP contribution in [0.25, 0.3) is 0 Å². The number of hydrogen-bond donors (Lipinski definition) is 4. The third-order valence-corrected chi connectivity index (χ3v) is 0.401. The maximum atomic E-state index is 10.1. The third-order valence-electron chi connectivity index (χ3n) is 0.401. The second-order valence-electron chi connectivity index (χ2n) is 0.896. The Morgan fingerprint density at radius 3 is 2.75 bits per heavy atom. The van der Waals surface area contributed by atoms with Gasteiger partial charge < -0.3 is 5.84 Å². The Labute approximate surface area is 45.9 Å². The summed E-state index contributed by atoms with van der Waals surface area (Å²) in [5.41, 5.74) is 1.80. The summed E-state index contributed by atoms with van der Waals surface area (Å²) in [5, 5.41) is 5.06. The molecule has 46 valence electrons. The number of hydrazine groups is 1. The number of hydrazone groups is 1. The van der Waals surface area contributed by atoms with Crippen LogP contribution in [0.1, 0.15) is 0 Å². The van der Waals surface area contributed by atoms with Crippen molar-refractivity contribution < 1.29 is 4.79 Å². The first-order valence-corrected chi connectivity index (χ1v) is 1.80. The molecular formula is C2H7N5O. The molecule has 0 unspecified atom stereocenters. The van der Waals surface area contributed by atoms with Crippen molar-refractivity contribution in [1.29, 1.82) is 0 Å². The Bertz CT molecular complexity index is 98.6. The van der Waals surface area contributed by atoms with E-state index in [0.29, 0.717) is 0 Å². The Balaban J connectivity index is 3.25. The van der Waals surface area contributed by atoms with Gasteiger partial charge in [0.2, 0.25) is 0 Å². The van der Waals surface area contributed by atoms with E-state index < -0.39 is 6.03 Å². The first kappa shape index (κ1) is 6.70. The molecular weight excluding hydrogens is 110 g/mol. The Hall–Kier alpha value is -1.30. The molecule has 6 N–H and O–H groups in total. The second kappa shape index (κ2) is 3.88. The lowest BCUT2D eigenvalue weighted by Gasteiger charge is -1.92. The molecule has 0 aromatic rings. The molecule has 0 rings (SSSR count). The number of carbonyl (C=O) groups excluding carboxylic acids is 1. The van der Waals surface area contributed by atoms with Crippen molar-refractivity contribution in [1.82, 2.24) is 10.7 Å². The first-order valence-electron chi connectivity index (χ1n) is 1.80. The van der Waals surface area contributed by atoms with E-state index in [4.69, 9.17) is 0 Å². The average molecular weight is 117 g/mol. The van der Waals surface area contributed by atoms with Gasteiger partial charge in [-0.1, -0.05) is 0 Å². The van der Waals surface area contributed by atoms with Crippen LogP contribution >= 0.6 is 0 Å². The zero-order valence-corrected chi connectivity index (χ0v) is 4.09. The molecule has 0 radical (unpaired) electrons. The molecule has 0 saturated heterocycles. The minimum Gasteiger partial charge on any atom is -0.322 e. The largest absolute Gasteiger partial charge is 0.334 e. The van der Waals surface area contributed by atoms with Crippen LogP contribution in [-0.4, -0.2) is 12.4 Å². The van der Waals surface area contributed by atoms with Crippen molar-refractivity contribution in [2.45, 2.75) is 0 Å². The normalized spacial score (nSPS) is 9.12. The molecule has 0 aliphatic rings. The van der Waals surface area contributed by atoms with Crippen molar-refractivity contribution in [3.8, 4) is 0 Å². The molecule has 6 nitrogen and oxygen atoms in total. The van der Waals surface area contributed by atoms with Gasteiger partial charge in [-0.15, -0.1) is 0 Å². The number of nitrogens with one attached hydrogen (secondary N) is 2. The highest BCUT2D eigenvalue weighted by Gasteiger charge is 1.86. The molecule has 0 saturated carbocycles. The average Bonchev–Trinajstić information content (AvgIpc) is 1.83. The van der Waals surface area contributed by atoms with Gasteiger partial charge in [0.15, 0.2) is 0 Å². The summed E-state index contributed by atoms with van der Waals surface area (Å²) in [6, 6.07) is -0.556. The van der Waals surface area contributed by atoms with Crippen molar-refractivity contribution in [2.75, 3.05) is 0 Å². The van der Waals surface area contributed by atoms with Crippen LogP contribution in [0.15, 0.2) is 5.10 Å². The lowest BCUT2D eigenvalue weighted by molar-refractivity contribution is 0.246. The number of carbonyl (C=O) groups is 1. The Morgan fingerprint density at radius 2 is 2.38 bits per heavy atom. The first-order chi connectivity index (χ1) is 3.81. The monoisotopic (exact) mass is 117 g/mol. The van der Waals surface area contributed by atoms with Crippen molar-refractivity contribution in [3.63, 3.8) is 0 Å². The van der Waals surface area contributed by atoms with Gasteiger partial charge in [-0.2, -0.15) is 5.10 Å². The minimum atomic E-state index is -0.556. The SMILES string of the molecule is NN=CNC(=O)NN. The maximum Gasteiger partial charge on any atom is 0.334 e. The molecule has 0 heterocycles. The zero-order valence-electron chi connectivity index (χ0n) is 4.09. The number of amides is 2. The Kier molecular flexibility index (Phi) is 3.25. The van der Waals surface area contributed by atoms with Crippen LogP contribution in [0.2, 0.25) is 0 Å². The fourth-order valence-corrected chi connectivity index (χ4v) is 0.138. The summed E-state index contributed by atoms with van der Waals surface area (Å²) in [5.74, 6) is 9.27. The van der Waals surface area contributed by atoms with Gasteiger partial charge in [-0.3, -0.25) is 10.7 Å². The molecule has 8 heavy (non-hydrogen) atoms. The fourth-order valence-electron chi connectivity index (χ4n) is 0.138. The van der Waals surface area contributed by atoms with Crippen LogP contribution in [0.5, 0.6) is 0 Å². The fraction of sp³-hybridized carbons (Fsp3) is 0. The van der Waals surface area contributed by atoms with Gasteiger partial charge in [0.1, 0.15) is 6.34 Å². The molecule has 0 aliphatic heterocycles. The molecule has 6 heteroatoms. The number of hydrogen-bond acceptors (Lipinski definition) is 4. The topological polar surface area (TPSA) is 106 Å². The van der Waals surface area contributed by atoms with E-state index in [2.05, 4.69) is 22.1 Å². The zero-order chi connectivity index (χ0) is 6.41. The van der Waals surface area contributed by atoms with Crippen LogP contribution in [-0.2, 0) is 0 Å². The number of rotatable bonds is 1. The Morgan fingerprint density at radius 1 is 1.75 bits per heavy atom. The van der Waals surface area contributed by atoms with Crippen LogP contribution < -0.4 is 22.4 Å².